The number of rotatable bonds is 7. The zero-order valence-corrected chi connectivity index (χ0v) is 26.4. The molecule has 0 saturated heterocycles. The minimum absolute atomic E-state index is 0.0933. The van der Waals surface area contributed by atoms with Gasteiger partial charge in [-0.25, -0.2) is 15.0 Å². The first-order valence-corrected chi connectivity index (χ1v) is 16.6. The SMILES string of the molecule is C1=CCC(c2nc(-c3ccccc3)nc(-c3cc(-c4ccc(-c5ccccn5)cc4)cc(-c4ccc(-c5cccs5)cc4)c3)n2)C=C1. The Morgan fingerprint density at radius 2 is 1.17 bits per heavy atom. The summed E-state index contributed by atoms with van der Waals surface area (Å²) in [5.41, 5.74) is 9.62. The van der Waals surface area contributed by atoms with Crippen molar-refractivity contribution in [3.05, 3.63) is 169 Å². The molecule has 0 spiro atoms. The van der Waals surface area contributed by atoms with Crippen LogP contribution in [-0.4, -0.2) is 19.9 Å². The van der Waals surface area contributed by atoms with Crippen molar-refractivity contribution >= 4 is 11.3 Å². The fraction of sp³-hybridized carbons (Fsp3) is 0.0476. The zero-order valence-electron chi connectivity index (χ0n) is 25.6. The first kappa shape index (κ1) is 28.7. The summed E-state index contributed by atoms with van der Waals surface area (Å²) < 4.78 is 0. The van der Waals surface area contributed by atoms with E-state index in [2.05, 4.69) is 126 Å². The number of aromatic nitrogens is 4. The van der Waals surface area contributed by atoms with Gasteiger partial charge in [0.1, 0.15) is 5.82 Å². The lowest BCUT2D eigenvalue weighted by atomic mass is 9.94. The van der Waals surface area contributed by atoms with Gasteiger partial charge in [0.15, 0.2) is 11.6 Å². The predicted molar refractivity (Wildman–Crippen MR) is 194 cm³/mol. The summed E-state index contributed by atoms with van der Waals surface area (Å²) in [6.45, 7) is 0. The molecule has 0 aliphatic heterocycles. The van der Waals surface area contributed by atoms with Gasteiger partial charge in [-0.3, -0.25) is 4.98 Å². The van der Waals surface area contributed by atoms with Crippen LogP contribution in [0.3, 0.4) is 0 Å². The highest BCUT2D eigenvalue weighted by molar-refractivity contribution is 7.13. The Hall–Kier alpha value is -5.78. The van der Waals surface area contributed by atoms with Crippen molar-refractivity contribution in [1.29, 1.82) is 0 Å². The lowest BCUT2D eigenvalue weighted by Gasteiger charge is -2.15. The van der Waals surface area contributed by atoms with Gasteiger partial charge in [0.2, 0.25) is 0 Å². The highest BCUT2D eigenvalue weighted by atomic mass is 32.1. The average molecular weight is 623 g/mol. The van der Waals surface area contributed by atoms with E-state index in [0.717, 1.165) is 56.9 Å². The summed E-state index contributed by atoms with van der Waals surface area (Å²) in [6.07, 6.45) is 11.2. The Labute approximate surface area is 278 Å². The molecule has 1 aliphatic rings. The van der Waals surface area contributed by atoms with Crippen LogP contribution < -0.4 is 0 Å². The number of allylic oxidation sites excluding steroid dienone is 4. The molecular weight excluding hydrogens is 593 g/mol. The third-order valence-corrected chi connectivity index (χ3v) is 9.31. The van der Waals surface area contributed by atoms with Gasteiger partial charge < -0.3 is 0 Å². The molecule has 3 heterocycles. The van der Waals surface area contributed by atoms with Crippen LogP contribution in [0.1, 0.15) is 18.2 Å². The van der Waals surface area contributed by atoms with E-state index in [1.54, 1.807) is 11.3 Å². The van der Waals surface area contributed by atoms with Crippen molar-refractivity contribution in [2.45, 2.75) is 12.3 Å². The first-order chi connectivity index (χ1) is 23.3. The van der Waals surface area contributed by atoms with Gasteiger partial charge in [0, 0.05) is 33.7 Å². The summed E-state index contributed by atoms with van der Waals surface area (Å²) in [4.78, 5) is 20.9. The Bertz CT molecular complexity index is 2190. The minimum atomic E-state index is 0.0933. The molecule has 0 saturated carbocycles. The zero-order chi connectivity index (χ0) is 31.4. The molecule has 4 aromatic carbocycles. The molecule has 0 radical (unpaired) electrons. The molecule has 0 fully saturated rings. The molecule has 47 heavy (non-hydrogen) atoms. The van der Waals surface area contributed by atoms with E-state index >= 15 is 0 Å². The Balaban J connectivity index is 1.27. The van der Waals surface area contributed by atoms with Crippen LogP contribution in [-0.2, 0) is 0 Å². The number of hydrogen-bond acceptors (Lipinski definition) is 5. The summed E-state index contributed by atoms with van der Waals surface area (Å²) in [6, 6.07) is 44.5. The van der Waals surface area contributed by atoms with Crippen molar-refractivity contribution in [3.8, 4) is 66.7 Å². The number of pyridine rings is 1. The van der Waals surface area contributed by atoms with Gasteiger partial charge in [-0.05, 0) is 76.0 Å². The summed E-state index contributed by atoms with van der Waals surface area (Å²) in [7, 11) is 0. The van der Waals surface area contributed by atoms with Crippen LogP contribution in [0.5, 0.6) is 0 Å². The Morgan fingerprint density at radius 3 is 1.81 bits per heavy atom. The van der Waals surface area contributed by atoms with Gasteiger partial charge in [0.25, 0.3) is 0 Å². The minimum Gasteiger partial charge on any atom is -0.256 e. The Morgan fingerprint density at radius 1 is 0.511 bits per heavy atom. The highest BCUT2D eigenvalue weighted by Gasteiger charge is 2.18. The maximum atomic E-state index is 5.11. The second-order valence-electron chi connectivity index (χ2n) is 11.5. The topological polar surface area (TPSA) is 51.6 Å². The van der Waals surface area contributed by atoms with Crippen LogP contribution in [0.15, 0.2) is 163 Å². The predicted octanol–water partition coefficient (Wildman–Crippen LogP) is 10.9. The van der Waals surface area contributed by atoms with E-state index in [1.807, 2.05) is 42.6 Å². The molecule has 4 nitrogen and oxygen atoms in total. The van der Waals surface area contributed by atoms with E-state index in [9.17, 15) is 0 Å². The largest absolute Gasteiger partial charge is 0.256 e. The molecule has 1 unspecified atom stereocenters. The van der Waals surface area contributed by atoms with Gasteiger partial charge in [0.05, 0.1) is 5.69 Å². The monoisotopic (exact) mass is 622 g/mol. The smallest absolute Gasteiger partial charge is 0.163 e. The number of benzene rings is 4. The van der Waals surface area contributed by atoms with E-state index in [0.29, 0.717) is 11.6 Å². The number of hydrogen-bond donors (Lipinski definition) is 0. The van der Waals surface area contributed by atoms with E-state index in [4.69, 9.17) is 15.0 Å². The third-order valence-electron chi connectivity index (χ3n) is 8.39. The maximum absolute atomic E-state index is 5.11. The number of nitrogens with zero attached hydrogens (tertiary/aromatic N) is 4. The highest BCUT2D eigenvalue weighted by Crippen LogP contribution is 2.35. The van der Waals surface area contributed by atoms with Crippen LogP contribution >= 0.6 is 11.3 Å². The fourth-order valence-electron chi connectivity index (χ4n) is 5.90. The van der Waals surface area contributed by atoms with Crippen LogP contribution in [0.25, 0.3) is 66.7 Å². The molecule has 8 rings (SSSR count). The lowest BCUT2D eigenvalue weighted by Crippen LogP contribution is -2.08. The van der Waals surface area contributed by atoms with Crippen molar-refractivity contribution in [2.24, 2.45) is 0 Å². The van der Waals surface area contributed by atoms with Crippen molar-refractivity contribution in [3.63, 3.8) is 0 Å². The second-order valence-corrected chi connectivity index (χ2v) is 12.5. The second kappa shape index (κ2) is 12.9. The summed E-state index contributed by atoms with van der Waals surface area (Å²) in [5.74, 6) is 2.22. The standard InChI is InChI=1S/C42H30N4S/c1-3-10-33(11-4-1)40-44-41(34-12-5-2-6-13-34)46-42(45-40)37-27-35(29-16-20-31(21-17-29)38-14-7-8-24-43-38)26-36(28-37)30-18-22-32(23-19-30)39-15-9-25-47-39/h1-12,14-28,34H,13H2. The molecule has 5 heteroatoms. The van der Waals surface area contributed by atoms with Gasteiger partial charge >= 0.3 is 0 Å². The molecule has 1 atom stereocenters. The van der Waals surface area contributed by atoms with E-state index in [-0.39, 0.29) is 5.92 Å². The third kappa shape index (κ3) is 6.22. The molecule has 7 aromatic rings. The lowest BCUT2D eigenvalue weighted by molar-refractivity contribution is 0.764. The molecule has 1 aliphatic carbocycles. The van der Waals surface area contributed by atoms with E-state index in [1.165, 1.54) is 10.4 Å². The van der Waals surface area contributed by atoms with Gasteiger partial charge in [-0.1, -0.05) is 115 Å². The summed E-state index contributed by atoms with van der Waals surface area (Å²) >= 11 is 1.75. The molecule has 0 bridgehead atoms. The molecule has 0 amide bonds. The average Bonchev–Trinajstić information content (AvgIpc) is 3.71. The quantitative estimate of drug-likeness (QED) is 0.177. The van der Waals surface area contributed by atoms with Gasteiger partial charge in [-0.15, -0.1) is 11.3 Å². The van der Waals surface area contributed by atoms with Crippen molar-refractivity contribution in [2.75, 3.05) is 0 Å². The van der Waals surface area contributed by atoms with Crippen LogP contribution in [0.4, 0.5) is 0 Å². The normalized spacial score (nSPS) is 13.9. The van der Waals surface area contributed by atoms with Crippen molar-refractivity contribution < 1.29 is 0 Å². The van der Waals surface area contributed by atoms with Crippen molar-refractivity contribution in [1.82, 2.24) is 19.9 Å². The Kier molecular flexibility index (Phi) is 7.88. The summed E-state index contributed by atoms with van der Waals surface area (Å²) in [5, 5.41) is 2.12. The maximum Gasteiger partial charge on any atom is 0.163 e. The molecule has 3 aromatic heterocycles. The molecule has 0 N–H and O–H groups in total. The number of thiophene rings is 1. The van der Waals surface area contributed by atoms with Crippen LogP contribution in [0, 0.1) is 0 Å². The van der Waals surface area contributed by atoms with Crippen LogP contribution in [0.2, 0.25) is 0 Å². The fourth-order valence-corrected chi connectivity index (χ4v) is 6.64. The first-order valence-electron chi connectivity index (χ1n) is 15.7. The molecular formula is C42H30N4S. The van der Waals surface area contributed by atoms with Gasteiger partial charge in [-0.2, -0.15) is 0 Å². The van der Waals surface area contributed by atoms with E-state index < -0.39 is 0 Å². The molecule has 224 valence electrons.